The van der Waals surface area contributed by atoms with E-state index in [0.29, 0.717) is 25.3 Å². The predicted molar refractivity (Wildman–Crippen MR) is 95.2 cm³/mol. The highest BCUT2D eigenvalue weighted by molar-refractivity contribution is 5.94. The number of imidazole rings is 1. The van der Waals surface area contributed by atoms with Crippen LogP contribution in [0.5, 0.6) is 0 Å². The second-order valence-electron chi connectivity index (χ2n) is 5.87. The average Bonchev–Trinajstić information content (AvgIpc) is 3.11. The lowest BCUT2D eigenvalue weighted by Crippen LogP contribution is -2.34. The highest BCUT2D eigenvalue weighted by Gasteiger charge is 2.17. The van der Waals surface area contributed by atoms with E-state index in [2.05, 4.69) is 4.98 Å². The summed E-state index contributed by atoms with van der Waals surface area (Å²) in [6.07, 6.45) is 6.37. The van der Waals surface area contributed by atoms with Gasteiger partial charge < -0.3 is 14.2 Å². The molecule has 0 aliphatic heterocycles. The Hall–Kier alpha value is -2.63. The van der Waals surface area contributed by atoms with Crippen LogP contribution >= 0.6 is 0 Å². The van der Waals surface area contributed by atoms with Crippen molar-refractivity contribution in [3.8, 4) is 0 Å². The molecule has 0 radical (unpaired) electrons. The van der Waals surface area contributed by atoms with Crippen LogP contribution in [0.2, 0.25) is 0 Å². The number of nitrogens with zero attached hydrogens (tertiary/aromatic N) is 3. The van der Waals surface area contributed by atoms with E-state index >= 15 is 0 Å². The zero-order chi connectivity index (χ0) is 18.1. The van der Waals surface area contributed by atoms with Crippen molar-refractivity contribution < 1.29 is 14.3 Å². The third-order valence-corrected chi connectivity index (χ3v) is 3.88. The van der Waals surface area contributed by atoms with Gasteiger partial charge in [-0.25, -0.2) is 4.98 Å². The summed E-state index contributed by atoms with van der Waals surface area (Å²) >= 11 is 0. The Balaban J connectivity index is 1.97. The lowest BCUT2D eigenvalue weighted by molar-refractivity contribution is -0.143. The Bertz CT molecular complexity index is 666. The number of ether oxygens (including phenoxy) is 1. The number of esters is 1. The molecule has 2 rings (SSSR count). The molecule has 2 aromatic rings. The van der Waals surface area contributed by atoms with Gasteiger partial charge in [-0.05, 0) is 32.4 Å². The lowest BCUT2D eigenvalue weighted by atomic mass is 10.1. The molecule has 0 saturated carbocycles. The van der Waals surface area contributed by atoms with Gasteiger partial charge >= 0.3 is 5.97 Å². The summed E-state index contributed by atoms with van der Waals surface area (Å²) < 4.78 is 6.94. The maximum atomic E-state index is 12.8. The minimum absolute atomic E-state index is 0.0603. The number of carbonyl (C=O) groups excluding carboxylic acids is 2. The van der Waals surface area contributed by atoms with Crippen molar-refractivity contribution in [3.63, 3.8) is 0 Å². The van der Waals surface area contributed by atoms with Crippen LogP contribution in [-0.4, -0.2) is 46.0 Å². The van der Waals surface area contributed by atoms with Gasteiger partial charge in [-0.3, -0.25) is 9.59 Å². The van der Waals surface area contributed by atoms with E-state index in [1.807, 2.05) is 42.0 Å². The second-order valence-corrected chi connectivity index (χ2v) is 5.87. The number of amides is 1. The summed E-state index contributed by atoms with van der Waals surface area (Å²) in [7, 11) is 0. The quantitative estimate of drug-likeness (QED) is 0.657. The van der Waals surface area contributed by atoms with E-state index in [1.165, 1.54) is 0 Å². The van der Waals surface area contributed by atoms with Gasteiger partial charge in [0.25, 0.3) is 5.91 Å². The first-order valence-corrected chi connectivity index (χ1v) is 8.57. The Labute approximate surface area is 148 Å². The molecule has 0 N–H and O–H groups in total. The Morgan fingerprint density at radius 1 is 1.20 bits per heavy atom. The van der Waals surface area contributed by atoms with Crippen LogP contribution in [-0.2, 0) is 16.1 Å². The summed E-state index contributed by atoms with van der Waals surface area (Å²) in [5.41, 5.74) is 1.74. The molecule has 0 fully saturated rings. The van der Waals surface area contributed by atoms with Gasteiger partial charge in [0, 0.05) is 37.6 Å². The van der Waals surface area contributed by atoms with Gasteiger partial charge in [0.05, 0.1) is 19.4 Å². The zero-order valence-corrected chi connectivity index (χ0v) is 14.9. The molecule has 0 aliphatic rings. The topological polar surface area (TPSA) is 64.4 Å². The van der Waals surface area contributed by atoms with Crippen LogP contribution in [0, 0.1) is 6.92 Å². The molecule has 25 heavy (non-hydrogen) atoms. The zero-order valence-electron chi connectivity index (χ0n) is 14.9. The normalized spacial score (nSPS) is 10.5. The number of hydrogen-bond acceptors (Lipinski definition) is 4. The van der Waals surface area contributed by atoms with E-state index in [4.69, 9.17) is 4.74 Å². The van der Waals surface area contributed by atoms with E-state index in [0.717, 1.165) is 18.5 Å². The molecule has 6 nitrogen and oxygen atoms in total. The van der Waals surface area contributed by atoms with Crippen molar-refractivity contribution >= 4 is 11.9 Å². The molecule has 1 amide bonds. The SMILES string of the molecule is CCOC(=O)CCN(CCCn1ccnc1)C(=O)c1ccc(C)cc1. The summed E-state index contributed by atoms with van der Waals surface area (Å²) in [5, 5.41) is 0. The minimum Gasteiger partial charge on any atom is -0.466 e. The van der Waals surface area contributed by atoms with Crippen LogP contribution in [0.3, 0.4) is 0 Å². The number of carbonyl (C=O) groups is 2. The molecule has 1 aromatic heterocycles. The number of hydrogen-bond donors (Lipinski definition) is 0. The molecule has 0 unspecified atom stereocenters. The molecule has 1 aromatic carbocycles. The summed E-state index contributed by atoms with van der Waals surface area (Å²) in [6.45, 7) is 5.82. The van der Waals surface area contributed by atoms with Gasteiger partial charge in [0.15, 0.2) is 0 Å². The van der Waals surface area contributed by atoms with Gasteiger partial charge in [0.1, 0.15) is 0 Å². The van der Waals surface area contributed by atoms with Gasteiger partial charge in [0.2, 0.25) is 0 Å². The fourth-order valence-corrected chi connectivity index (χ4v) is 2.52. The number of aryl methyl sites for hydroxylation is 2. The Morgan fingerprint density at radius 2 is 1.96 bits per heavy atom. The molecule has 0 aliphatic carbocycles. The monoisotopic (exact) mass is 343 g/mol. The molecule has 134 valence electrons. The first-order chi connectivity index (χ1) is 12.1. The summed E-state index contributed by atoms with van der Waals surface area (Å²) in [6, 6.07) is 7.49. The molecule has 0 atom stereocenters. The highest BCUT2D eigenvalue weighted by atomic mass is 16.5. The van der Waals surface area contributed by atoms with Crippen molar-refractivity contribution in [3.05, 3.63) is 54.1 Å². The van der Waals surface area contributed by atoms with Crippen LogP contribution in [0.25, 0.3) is 0 Å². The molecular weight excluding hydrogens is 318 g/mol. The van der Waals surface area contributed by atoms with Crippen molar-refractivity contribution in [2.24, 2.45) is 0 Å². The average molecular weight is 343 g/mol. The van der Waals surface area contributed by atoms with E-state index in [9.17, 15) is 9.59 Å². The number of aromatic nitrogens is 2. The first kappa shape index (κ1) is 18.7. The summed E-state index contributed by atoms with van der Waals surface area (Å²) in [4.78, 5) is 30.1. The van der Waals surface area contributed by atoms with Crippen molar-refractivity contribution in [2.45, 2.75) is 33.2 Å². The van der Waals surface area contributed by atoms with E-state index < -0.39 is 0 Å². The smallest absolute Gasteiger partial charge is 0.307 e. The van der Waals surface area contributed by atoms with E-state index in [1.54, 1.807) is 24.3 Å². The fourth-order valence-electron chi connectivity index (χ4n) is 2.52. The molecule has 1 heterocycles. The minimum atomic E-state index is -0.279. The van der Waals surface area contributed by atoms with Crippen molar-refractivity contribution in [1.29, 1.82) is 0 Å². The highest BCUT2D eigenvalue weighted by Crippen LogP contribution is 2.09. The molecule has 0 saturated heterocycles. The van der Waals surface area contributed by atoms with Crippen LogP contribution in [0.4, 0.5) is 0 Å². The number of benzene rings is 1. The van der Waals surface area contributed by atoms with Crippen LogP contribution in [0.1, 0.15) is 35.7 Å². The van der Waals surface area contributed by atoms with Gasteiger partial charge in [-0.2, -0.15) is 0 Å². The van der Waals surface area contributed by atoms with E-state index in [-0.39, 0.29) is 18.3 Å². The fraction of sp³-hybridized carbons (Fsp3) is 0.421. The Morgan fingerprint density at radius 3 is 2.60 bits per heavy atom. The third kappa shape index (κ3) is 6.06. The lowest BCUT2D eigenvalue weighted by Gasteiger charge is -2.22. The van der Waals surface area contributed by atoms with Gasteiger partial charge in [-0.15, -0.1) is 0 Å². The maximum Gasteiger partial charge on any atom is 0.307 e. The van der Waals surface area contributed by atoms with Gasteiger partial charge in [-0.1, -0.05) is 17.7 Å². The Kier molecular flexibility index (Phi) is 7.19. The third-order valence-electron chi connectivity index (χ3n) is 3.88. The molecule has 0 bridgehead atoms. The van der Waals surface area contributed by atoms with Crippen LogP contribution < -0.4 is 0 Å². The standard InChI is InChI=1S/C19H25N3O3/c1-3-25-18(23)9-13-22(12-4-11-21-14-10-20-15-21)19(24)17-7-5-16(2)6-8-17/h5-8,10,14-15H,3-4,9,11-13H2,1-2H3. The molecule has 0 spiro atoms. The summed E-state index contributed by atoms with van der Waals surface area (Å²) in [5.74, 6) is -0.339. The second kappa shape index (κ2) is 9.61. The molecular formula is C19H25N3O3. The van der Waals surface area contributed by atoms with Crippen LogP contribution in [0.15, 0.2) is 43.0 Å². The molecule has 6 heteroatoms. The first-order valence-electron chi connectivity index (χ1n) is 8.57. The predicted octanol–water partition coefficient (Wildman–Crippen LogP) is 2.68. The van der Waals surface area contributed by atoms with Crippen molar-refractivity contribution in [2.75, 3.05) is 19.7 Å². The van der Waals surface area contributed by atoms with Crippen molar-refractivity contribution in [1.82, 2.24) is 14.5 Å². The number of rotatable bonds is 9. The maximum absolute atomic E-state index is 12.8. The largest absolute Gasteiger partial charge is 0.466 e.